The van der Waals surface area contributed by atoms with Crippen molar-refractivity contribution < 1.29 is 26.2 Å². The highest BCUT2D eigenvalue weighted by molar-refractivity contribution is 6.48. The molecule has 0 spiro atoms. The summed E-state index contributed by atoms with van der Waals surface area (Å²) >= 11 is 16.8. The van der Waals surface area contributed by atoms with Crippen molar-refractivity contribution in [1.29, 1.82) is 0 Å². The lowest BCUT2D eigenvalue weighted by Gasteiger charge is -2.27. The number of halogens is 3. The molecule has 0 aromatic heterocycles. The van der Waals surface area contributed by atoms with Gasteiger partial charge in [-0.15, -0.1) is 0 Å². The lowest BCUT2D eigenvalue weighted by Crippen LogP contribution is -2.52. The maximum Gasteiger partial charge on any atom is 0.133 e. The van der Waals surface area contributed by atoms with Crippen LogP contribution in [0.5, 0.6) is 5.75 Å². The van der Waals surface area contributed by atoms with Crippen LogP contribution in [0.2, 0.25) is 15.1 Å². The quantitative estimate of drug-likeness (QED) is 0.580. The smallest absolute Gasteiger partial charge is 0.133 e. The normalized spacial score (nSPS) is 9.78. The second-order valence-corrected chi connectivity index (χ2v) is 6.61. The van der Waals surface area contributed by atoms with Crippen molar-refractivity contribution in [2.24, 2.45) is 11.8 Å². The molecule has 0 aliphatic rings. The molecule has 134 valence electrons. The monoisotopic (exact) mass is 386 g/mol. The fraction of sp³-hybridized carbons (Fsp3) is 0.571. The zero-order valence-electron chi connectivity index (χ0n) is 14.1. The van der Waals surface area contributed by atoms with Gasteiger partial charge >= 0.3 is 0 Å². The van der Waals surface area contributed by atoms with E-state index < -0.39 is 7.32 Å². The van der Waals surface area contributed by atoms with E-state index >= 15 is 0 Å². The first-order valence-electron chi connectivity index (χ1n) is 7.26. The second-order valence-electron chi connectivity index (χ2n) is 5.45. The Bertz CT molecular complexity index is 428. The van der Waals surface area contributed by atoms with Crippen molar-refractivity contribution >= 4 is 42.1 Å². The van der Waals surface area contributed by atoms with Gasteiger partial charge < -0.3 is 26.2 Å². The third-order valence-corrected chi connectivity index (χ3v) is 3.65. The van der Waals surface area contributed by atoms with Gasteiger partial charge in [0.25, 0.3) is 0 Å². The molecule has 1 rings (SSSR count). The van der Waals surface area contributed by atoms with Crippen LogP contribution in [0, 0.1) is 11.8 Å². The van der Waals surface area contributed by atoms with Crippen LogP contribution < -0.4 is 26.2 Å². The molecule has 9 heteroatoms. The summed E-state index contributed by atoms with van der Waals surface area (Å²) < 4.78 is 4.29. The summed E-state index contributed by atoms with van der Waals surface area (Å²) in [7, 11) is -2.44. The molecule has 0 saturated carbocycles. The highest BCUT2D eigenvalue weighted by Crippen LogP contribution is 2.36. The molecule has 0 heterocycles. The van der Waals surface area contributed by atoms with Gasteiger partial charge in [0.2, 0.25) is 0 Å². The Morgan fingerprint density at radius 1 is 0.957 bits per heavy atom. The minimum atomic E-state index is -2.44. The van der Waals surface area contributed by atoms with Gasteiger partial charge in [0.05, 0.1) is 23.1 Å². The number of benzene rings is 1. The summed E-state index contributed by atoms with van der Waals surface area (Å²) in [6.45, 7) is 10.8. The fourth-order valence-electron chi connectivity index (χ4n) is 0.703. The van der Waals surface area contributed by atoms with Gasteiger partial charge in [0.1, 0.15) is 18.1 Å². The molecule has 0 unspecified atom stereocenters. The largest absolute Gasteiger partial charge is 0.860 e. The predicted octanol–water partition coefficient (Wildman–Crippen LogP) is 0.500. The Balaban J connectivity index is 0. The lowest BCUT2D eigenvalue weighted by atomic mass is 10.2. The lowest BCUT2D eigenvalue weighted by molar-refractivity contribution is -0.377. The van der Waals surface area contributed by atoms with Crippen molar-refractivity contribution in [3.63, 3.8) is 0 Å². The van der Waals surface area contributed by atoms with E-state index in [-0.39, 0.29) is 20.8 Å². The van der Waals surface area contributed by atoms with E-state index in [1.165, 1.54) is 12.1 Å². The van der Waals surface area contributed by atoms with Crippen LogP contribution in [0.4, 0.5) is 0 Å². The van der Waals surface area contributed by atoms with Crippen LogP contribution in [0.25, 0.3) is 0 Å². The first-order chi connectivity index (χ1) is 10.6. The second kappa shape index (κ2) is 14.2. The van der Waals surface area contributed by atoms with E-state index in [9.17, 15) is 10.0 Å². The van der Waals surface area contributed by atoms with Gasteiger partial charge in [-0.2, -0.15) is 0 Å². The third-order valence-electron chi connectivity index (χ3n) is 2.38. The molecular formula is C14H26BCl3N2O3. The Kier molecular flexibility index (Phi) is 15.4. The van der Waals surface area contributed by atoms with Gasteiger partial charge in [-0.05, 0) is 12.1 Å². The van der Waals surface area contributed by atoms with Gasteiger partial charge in [-0.1, -0.05) is 62.5 Å². The fourth-order valence-corrected chi connectivity index (χ4v) is 1.27. The van der Waals surface area contributed by atoms with Crippen molar-refractivity contribution in [3.8, 4) is 5.75 Å². The molecular weight excluding hydrogens is 361 g/mol. The van der Waals surface area contributed by atoms with Gasteiger partial charge in [0, 0.05) is 11.8 Å². The minimum Gasteiger partial charge on any atom is -0.860 e. The van der Waals surface area contributed by atoms with E-state index in [2.05, 4.69) is 43.8 Å². The topological polar surface area (TPSA) is 111 Å². The SMILES string of the molecule is CC(C)C[NH3+].CC(C)C[NH3+].[O-]B([O-])Oc1ccc(Cl)c(Cl)c1Cl. The Morgan fingerprint density at radius 2 is 1.35 bits per heavy atom. The van der Waals surface area contributed by atoms with E-state index in [0.717, 1.165) is 24.9 Å². The molecule has 0 atom stereocenters. The van der Waals surface area contributed by atoms with Gasteiger partial charge in [-0.25, -0.2) is 0 Å². The number of rotatable bonds is 4. The van der Waals surface area contributed by atoms with Crippen LogP contribution in [0.3, 0.4) is 0 Å². The van der Waals surface area contributed by atoms with Crippen LogP contribution in [0.15, 0.2) is 12.1 Å². The van der Waals surface area contributed by atoms with Gasteiger partial charge in [0.15, 0.2) is 0 Å². The van der Waals surface area contributed by atoms with Crippen LogP contribution in [0.1, 0.15) is 27.7 Å². The van der Waals surface area contributed by atoms with Crippen LogP contribution in [-0.2, 0) is 0 Å². The number of hydrogen-bond donors (Lipinski definition) is 2. The molecule has 0 amide bonds. The predicted molar refractivity (Wildman–Crippen MR) is 93.0 cm³/mol. The summed E-state index contributed by atoms with van der Waals surface area (Å²) in [5.41, 5.74) is 7.37. The Hall–Kier alpha value is -0.205. The van der Waals surface area contributed by atoms with E-state index in [1.807, 2.05) is 0 Å². The summed E-state index contributed by atoms with van der Waals surface area (Å²) in [5.74, 6) is 1.48. The van der Waals surface area contributed by atoms with E-state index in [0.29, 0.717) is 0 Å². The first-order valence-corrected chi connectivity index (χ1v) is 8.40. The van der Waals surface area contributed by atoms with Crippen molar-refractivity contribution in [2.75, 3.05) is 13.1 Å². The molecule has 0 fully saturated rings. The average molecular weight is 388 g/mol. The summed E-state index contributed by atoms with van der Waals surface area (Å²) in [5, 5.41) is 20.5. The minimum absolute atomic E-state index is 0.0362. The Labute approximate surface area is 154 Å². The zero-order chi connectivity index (χ0) is 18.6. The van der Waals surface area contributed by atoms with E-state index in [4.69, 9.17) is 34.8 Å². The van der Waals surface area contributed by atoms with Crippen LogP contribution >= 0.6 is 34.8 Å². The van der Waals surface area contributed by atoms with Crippen LogP contribution in [-0.4, -0.2) is 20.4 Å². The molecule has 6 N–H and O–H groups in total. The van der Waals surface area contributed by atoms with Crippen molar-refractivity contribution in [3.05, 3.63) is 27.2 Å². The standard InChI is InChI=1S/C6H2BCl3O3.2C4H11N/c8-3-1-2-4(13-7(11)12)6(10)5(3)9;2*1-4(2)3-5/h1-2H;2*4H,3,5H2,1-2H3/q-2;;/p+2. The maximum absolute atomic E-state index is 10.1. The molecule has 0 aliphatic carbocycles. The van der Waals surface area contributed by atoms with Crippen molar-refractivity contribution in [1.82, 2.24) is 0 Å². The molecule has 0 bridgehead atoms. The Morgan fingerprint density at radius 3 is 1.65 bits per heavy atom. The number of quaternary nitrogens is 2. The average Bonchev–Trinajstić information content (AvgIpc) is 2.48. The van der Waals surface area contributed by atoms with Gasteiger partial charge in [-0.3, -0.25) is 0 Å². The highest BCUT2D eigenvalue weighted by atomic mass is 35.5. The van der Waals surface area contributed by atoms with Crippen molar-refractivity contribution in [2.45, 2.75) is 27.7 Å². The summed E-state index contributed by atoms with van der Waals surface area (Å²) in [6.07, 6.45) is 0. The first kappa shape index (κ1) is 25.0. The molecule has 1 aromatic carbocycles. The highest BCUT2D eigenvalue weighted by Gasteiger charge is 2.08. The third kappa shape index (κ3) is 13.9. The van der Waals surface area contributed by atoms with E-state index in [1.54, 1.807) is 0 Å². The number of hydrogen-bond acceptors (Lipinski definition) is 3. The molecule has 1 aromatic rings. The molecule has 23 heavy (non-hydrogen) atoms. The zero-order valence-corrected chi connectivity index (χ0v) is 16.3. The molecule has 5 nitrogen and oxygen atoms in total. The summed E-state index contributed by atoms with van der Waals surface area (Å²) in [6, 6.07) is 2.69. The summed E-state index contributed by atoms with van der Waals surface area (Å²) in [4.78, 5) is 0. The maximum atomic E-state index is 10.1. The molecule has 0 aliphatic heterocycles. The molecule has 0 radical (unpaired) electrons. The molecule has 0 saturated heterocycles.